The number of ether oxygens (including phenoxy) is 1. The third-order valence-corrected chi connectivity index (χ3v) is 5.76. The van der Waals surface area contributed by atoms with Gasteiger partial charge in [0.1, 0.15) is 0 Å². The van der Waals surface area contributed by atoms with Crippen LogP contribution in [0.5, 0.6) is 0 Å². The number of hydrogen-bond acceptors (Lipinski definition) is 5. The Morgan fingerprint density at radius 2 is 2.04 bits per heavy atom. The van der Waals surface area contributed by atoms with Crippen molar-refractivity contribution in [1.29, 1.82) is 0 Å². The fraction of sp³-hybridized carbons (Fsp3) is 0.316. The number of thiophene rings is 1. The van der Waals surface area contributed by atoms with Gasteiger partial charge in [0.25, 0.3) is 0 Å². The number of rotatable bonds is 4. The number of carbonyl (C=O) groups excluding carboxylic acids is 3. The zero-order chi connectivity index (χ0) is 17.4. The van der Waals surface area contributed by atoms with Gasteiger partial charge in [0.05, 0.1) is 12.0 Å². The van der Waals surface area contributed by atoms with Crippen LogP contribution < -0.4 is 5.32 Å². The average molecular weight is 355 g/mol. The number of esters is 1. The van der Waals surface area contributed by atoms with Crippen LogP contribution in [0.3, 0.4) is 0 Å². The Bertz CT molecular complexity index is 884. The summed E-state index contributed by atoms with van der Waals surface area (Å²) in [5.74, 6) is -0.765. The monoisotopic (exact) mass is 355 g/mol. The SMILES string of the molecule is O=C1Cc2cc(C(=O)COC(=O)c3csc4c3CCCC4)ccc2N1. The highest BCUT2D eigenvalue weighted by Crippen LogP contribution is 2.30. The topological polar surface area (TPSA) is 72.5 Å². The zero-order valence-corrected chi connectivity index (χ0v) is 14.4. The van der Waals surface area contributed by atoms with Crippen molar-refractivity contribution in [3.05, 3.63) is 50.7 Å². The molecule has 0 atom stereocenters. The summed E-state index contributed by atoms with van der Waals surface area (Å²) < 4.78 is 5.24. The molecule has 4 rings (SSSR count). The van der Waals surface area contributed by atoms with Gasteiger partial charge in [-0.15, -0.1) is 11.3 Å². The van der Waals surface area contributed by atoms with E-state index in [0.717, 1.165) is 42.5 Å². The molecular formula is C19H17NO4S. The Hall–Kier alpha value is -2.47. The van der Waals surface area contributed by atoms with Crippen LogP contribution in [0, 0.1) is 0 Å². The van der Waals surface area contributed by atoms with Gasteiger partial charge in [-0.25, -0.2) is 4.79 Å². The van der Waals surface area contributed by atoms with Gasteiger partial charge in [0.2, 0.25) is 5.91 Å². The molecule has 1 aliphatic heterocycles. The van der Waals surface area contributed by atoms with Gasteiger partial charge >= 0.3 is 5.97 Å². The van der Waals surface area contributed by atoms with Gasteiger partial charge in [-0.05, 0) is 55.0 Å². The van der Waals surface area contributed by atoms with Crippen molar-refractivity contribution < 1.29 is 19.1 Å². The minimum absolute atomic E-state index is 0.0757. The van der Waals surface area contributed by atoms with E-state index in [4.69, 9.17) is 4.74 Å². The van der Waals surface area contributed by atoms with E-state index >= 15 is 0 Å². The fourth-order valence-electron chi connectivity index (χ4n) is 3.36. The van der Waals surface area contributed by atoms with E-state index < -0.39 is 5.97 Å². The minimum Gasteiger partial charge on any atom is -0.454 e. The number of aryl methyl sites for hydroxylation is 1. The normalized spacial score (nSPS) is 15.3. The number of nitrogens with one attached hydrogen (secondary N) is 1. The van der Waals surface area contributed by atoms with Crippen molar-refractivity contribution in [1.82, 2.24) is 0 Å². The molecule has 0 radical (unpaired) electrons. The van der Waals surface area contributed by atoms with E-state index in [1.165, 1.54) is 4.88 Å². The molecule has 2 aromatic rings. The lowest BCUT2D eigenvalue weighted by Crippen LogP contribution is -2.15. The van der Waals surface area contributed by atoms with Crippen LogP contribution in [-0.2, 0) is 28.8 Å². The van der Waals surface area contributed by atoms with Gasteiger partial charge in [-0.2, -0.15) is 0 Å². The highest BCUT2D eigenvalue weighted by Gasteiger charge is 2.23. The molecule has 0 spiro atoms. The van der Waals surface area contributed by atoms with Crippen molar-refractivity contribution in [2.75, 3.05) is 11.9 Å². The molecule has 0 saturated heterocycles. The van der Waals surface area contributed by atoms with Crippen LogP contribution in [0.15, 0.2) is 23.6 Å². The molecule has 1 aliphatic carbocycles. The molecule has 1 aromatic carbocycles. The molecule has 1 aromatic heterocycles. The number of benzene rings is 1. The summed E-state index contributed by atoms with van der Waals surface area (Å²) in [6.07, 6.45) is 4.45. The first-order valence-electron chi connectivity index (χ1n) is 8.34. The van der Waals surface area contributed by atoms with E-state index in [-0.39, 0.29) is 24.7 Å². The predicted octanol–water partition coefficient (Wildman–Crippen LogP) is 3.16. The van der Waals surface area contributed by atoms with E-state index in [9.17, 15) is 14.4 Å². The maximum atomic E-state index is 12.3. The third-order valence-electron chi connectivity index (χ3n) is 4.67. The number of fused-ring (bicyclic) bond motifs is 2. The van der Waals surface area contributed by atoms with Gasteiger partial charge in [0, 0.05) is 21.5 Å². The smallest absolute Gasteiger partial charge is 0.339 e. The standard InChI is InChI=1S/C19H17NO4S/c21-16(11-5-6-15-12(7-11)8-18(22)20-15)9-24-19(23)14-10-25-17-4-2-1-3-13(14)17/h5-7,10H,1-4,8-9H2,(H,20,22). The summed E-state index contributed by atoms with van der Waals surface area (Å²) in [6.45, 7) is -0.288. The van der Waals surface area contributed by atoms with Crippen molar-refractivity contribution in [3.63, 3.8) is 0 Å². The number of ketones is 1. The third kappa shape index (κ3) is 3.09. The summed E-state index contributed by atoms with van der Waals surface area (Å²) >= 11 is 1.60. The molecule has 1 N–H and O–H groups in total. The largest absolute Gasteiger partial charge is 0.454 e. The second-order valence-corrected chi connectivity index (χ2v) is 7.32. The van der Waals surface area contributed by atoms with Gasteiger partial charge < -0.3 is 10.1 Å². The second-order valence-electron chi connectivity index (χ2n) is 6.35. The molecule has 2 heterocycles. The minimum atomic E-state index is -0.425. The summed E-state index contributed by atoms with van der Waals surface area (Å²) in [4.78, 5) is 37.3. The van der Waals surface area contributed by atoms with E-state index in [2.05, 4.69) is 5.32 Å². The first kappa shape index (κ1) is 16.0. The van der Waals surface area contributed by atoms with Crippen LogP contribution in [0.2, 0.25) is 0 Å². The maximum absolute atomic E-state index is 12.3. The van der Waals surface area contributed by atoms with Crippen LogP contribution in [0.1, 0.15) is 49.6 Å². The summed E-state index contributed by atoms with van der Waals surface area (Å²) in [6, 6.07) is 5.05. The van der Waals surface area contributed by atoms with Crippen molar-refractivity contribution in [2.45, 2.75) is 32.1 Å². The summed E-state index contributed by atoms with van der Waals surface area (Å²) in [5, 5.41) is 4.57. The Morgan fingerprint density at radius 1 is 1.20 bits per heavy atom. The zero-order valence-electron chi connectivity index (χ0n) is 13.6. The van der Waals surface area contributed by atoms with Crippen LogP contribution in [-0.4, -0.2) is 24.3 Å². The number of hydrogen-bond donors (Lipinski definition) is 1. The van der Waals surface area contributed by atoms with Crippen molar-refractivity contribution >= 4 is 34.7 Å². The van der Waals surface area contributed by atoms with Crippen LogP contribution >= 0.6 is 11.3 Å². The lowest BCUT2D eigenvalue weighted by atomic mass is 9.96. The predicted molar refractivity (Wildman–Crippen MR) is 94.3 cm³/mol. The van der Waals surface area contributed by atoms with Gasteiger partial charge in [-0.3, -0.25) is 9.59 Å². The molecule has 5 nitrogen and oxygen atoms in total. The average Bonchev–Trinajstić information content (AvgIpc) is 3.21. The Morgan fingerprint density at radius 3 is 2.92 bits per heavy atom. The Balaban J connectivity index is 1.42. The molecule has 0 bridgehead atoms. The molecule has 2 aliphatic rings. The molecule has 25 heavy (non-hydrogen) atoms. The molecule has 1 amide bonds. The molecule has 0 unspecified atom stereocenters. The fourth-order valence-corrected chi connectivity index (χ4v) is 4.48. The Labute approximate surface area is 149 Å². The van der Waals surface area contributed by atoms with Gasteiger partial charge in [-0.1, -0.05) is 0 Å². The summed E-state index contributed by atoms with van der Waals surface area (Å²) in [5.41, 5.74) is 3.69. The van der Waals surface area contributed by atoms with E-state index in [1.54, 1.807) is 29.5 Å². The second kappa shape index (κ2) is 6.44. The highest BCUT2D eigenvalue weighted by atomic mass is 32.1. The molecule has 0 saturated carbocycles. The lowest BCUT2D eigenvalue weighted by Gasteiger charge is -2.12. The Kier molecular flexibility index (Phi) is 4.13. The highest BCUT2D eigenvalue weighted by molar-refractivity contribution is 7.10. The van der Waals surface area contributed by atoms with Crippen molar-refractivity contribution in [2.24, 2.45) is 0 Å². The number of amides is 1. The first-order valence-corrected chi connectivity index (χ1v) is 9.22. The maximum Gasteiger partial charge on any atom is 0.339 e. The molecule has 0 fully saturated rings. The molecule has 128 valence electrons. The van der Waals surface area contributed by atoms with E-state index in [1.807, 2.05) is 5.38 Å². The summed E-state index contributed by atoms with van der Waals surface area (Å²) in [7, 11) is 0. The van der Waals surface area contributed by atoms with Crippen LogP contribution in [0.25, 0.3) is 0 Å². The number of anilines is 1. The quantitative estimate of drug-likeness (QED) is 0.675. The first-order chi connectivity index (χ1) is 12.1. The molecule has 6 heteroatoms. The van der Waals surface area contributed by atoms with E-state index in [0.29, 0.717) is 11.1 Å². The van der Waals surface area contributed by atoms with Crippen molar-refractivity contribution in [3.8, 4) is 0 Å². The van der Waals surface area contributed by atoms with Gasteiger partial charge in [0.15, 0.2) is 12.4 Å². The number of carbonyl (C=O) groups is 3. The van der Waals surface area contributed by atoms with Crippen LogP contribution in [0.4, 0.5) is 5.69 Å². The molecular weight excluding hydrogens is 338 g/mol. The number of Topliss-reactive ketones (excluding diaryl/α,β-unsaturated/α-hetero) is 1. The lowest BCUT2D eigenvalue weighted by molar-refractivity contribution is -0.115.